The number of carbonyl (C=O) groups excluding carboxylic acids is 1. The topological polar surface area (TPSA) is 75.3 Å². The van der Waals surface area contributed by atoms with E-state index in [4.69, 9.17) is 0 Å². The van der Waals surface area contributed by atoms with Crippen LogP contribution in [0.4, 0.5) is 0 Å². The van der Waals surface area contributed by atoms with Gasteiger partial charge in [0.2, 0.25) is 5.91 Å². The van der Waals surface area contributed by atoms with Crippen LogP contribution in [0.5, 0.6) is 0 Å². The van der Waals surface area contributed by atoms with E-state index < -0.39 is 20.8 Å². The first-order valence-corrected chi connectivity index (χ1v) is 7.88. The summed E-state index contributed by atoms with van der Waals surface area (Å²) in [5, 5.41) is 0. The minimum absolute atomic E-state index is 0.104. The van der Waals surface area contributed by atoms with Gasteiger partial charge in [-0.3, -0.25) is 10.2 Å². The van der Waals surface area contributed by atoms with Gasteiger partial charge in [-0.05, 0) is 18.6 Å². The first-order valence-electron chi connectivity index (χ1n) is 5.48. The van der Waals surface area contributed by atoms with Crippen molar-refractivity contribution >= 4 is 31.9 Å². The predicted molar refractivity (Wildman–Crippen MR) is 72.5 cm³/mol. The normalized spacial score (nSPS) is 13.0. The second-order valence-corrected chi connectivity index (χ2v) is 6.45. The Balaban J connectivity index is 2.61. The Morgan fingerprint density at radius 1 is 1.33 bits per heavy atom. The van der Waals surface area contributed by atoms with E-state index in [9.17, 15) is 13.2 Å². The standard InChI is InChI=1S/C11H15BrN2O3S/c1-2-6-10(12)11(15)13-14-18(16,17)9-7-4-3-5-8-9/h3-5,7-8,10,14H,2,6H2,1H3,(H,13,15)/t10-/m1/s1. The number of nitrogens with one attached hydrogen (secondary N) is 2. The van der Waals surface area contributed by atoms with Gasteiger partial charge in [0.05, 0.1) is 9.72 Å². The second kappa shape index (κ2) is 6.86. The number of hydrazine groups is 1. The van der Waals surface area contributed by atoms with Crippen LogP contribution in [0.25, 0.3) is 0 Å². The highest BCUT2D eigenvalue weighted by atomic mass is 79.9. The third kappa shape index (κ3) is 4.40. The number of sulfonamides is 1. The van der Waals surface area contributed by atoms with E-state index in [1.807, 2.05) is 6.92 Å². The van der Waals surface area contributed by atoms with E-state index >= 15 is 0 Å². The number of hydrogen-bond acceptors (Lipinski definition) is 3. The molecule has 0 fully saturated rings. The largest absolute Gasteiger partial charge is 0.277 e. The van der Waals surface area contributed by atoms with Crippen LogP contribution in [0, 0.1) is 0 Å². The zero-order chi connectivity index (χ0) is 13.6. The molecule has 0 unspecified atom stereocenters. The minimum Gasteiger partial charge on any atom is -0.277 e. The number of rotatable bonds is 6. The maximum atomic E-state index is 11.8. The van der Waals surface area contributed by atoms with Gasteiger partial charge in [-0.1, -0.05) is 47.5 Å². The van der Waals surface area contributed by atoms with E-state index in [0.29, 0.717) is 6.42 Å². The van der Waals surface area contributed by atoms with Crippen LogP contribution < -0.4 is 10.3 Å². The van der Waals surface area contributed by atoms with Crippen LogP contribution in [-0.4, -0.2) is 19.2 Å². The number of halogens is 1. The van der Waals surface area contributed by atoms with Gasteiger partial charge in [0, 0.05) is 0 Å². The summed E-state index contributed by atoms with van der Waals surface area (Å²) in [6, 6.07) is 7.84. The van der Waals surface area contributed by atoms with Gasteiger partial charge in [-0.25, -0.2) is 8.42 Å². The Labute approximate surface area is 115 Å². The van der Waals surface area contributed by atoms with Crippen molar-refractivity contribution in [2.24, 2.45) is 0 Å². The fourth-order valence-electron chi connectivity index (χ4n) is 1.24. The summed E-state index contributed by atoms with van der Waals surface area (Å²) < 4.78 is 23.6. The zero-order valence-corrected chi connectivity index (χ0v) is 12.3. The molecule has 1 rings (SSSR count). The molecule has 0 spiro atoms. The van der Waals surface area contributed by atoms with Gasteiger partial charge in [0.25, 0.3) is 10.0 Å². The fourth-order valence-corrected chi connectivity index (χ4v) is 2.68. The summed E-state index contributed by atoms with van der Waals surface area (Å²) in [4.78, 5) is 13.3. The van der Waals surface area contributed by atoms with E-state index in [1.54, 1.807) is 18.2 Å². The van der Waals surface area contributed by atoms with Crippen molar-refractivity contribution in [2.45, 2.75) is 29.5 Å². The third-order valence-electron chi connectivity index (χ3n) is 2.19. The molecule has 7 heteroatoms. The zero-order valence-electron chi connectivity index (χ0n) is 9.89. The van der Waals surface area contributed by atoms with Gasteiger partial charge in [0.15, 0.2) is 0 Å². The van der Waals surface area contributed by atoms with Crippen LogP contribution in [0.2, 0.25) is 0 Å². The molecule has 1 aromatic carbocycles. The number of carbonyl (C=O) groups is 1. The molecule has 0 saturated carbocycles. The Bertz CT molecular complexity index is 490. The summed E-state index contributed by atoms with van der Waals surface area (Å²) in [6.45, 7) is 1.94. The minimum atomic E-state index is -3.71. The molecule has 1 atom stereocenters. The molecule has 2 N–H and O–H groups in total. The van der Waals surface area contributed by atoms with E-state index in [-0.39, 0.29) is 4.90 Å². The molecule has 0 aliphatic rings. The Morgan fingerprint density at radius 2 is 1.94 bits per heavy atom. The molecular formula is C11H15BrN2O3S. The monoisotopic (exact) mass is 334 g/mol. The van der Waals surface area contributed by atoms with Crippen molar-refractivity contribution in [3.63, 3.8) is 0 Å². The molecule has 100 valence electrons. The SMILES string of the molecule is CCC[C@@H](Br)C(=O)NNS(=O)(=O)c1ccccc1. The first kappa shape index (κ1) is 15.1. The van der Waals surface area contributed by atoms with Crippen LogP contribution >= 0.6 is 15.9 Å². The van der Waals surface area contributed by atoms with E-state index in [2.05, 4.69) is 26.2 Å². The molecule has 0 bridgehead atoms. The maximum Gasteiger partial charge on any atom is 0.257 e. The fraction of sp³-hybridized carbons (Fsp3) is 0.364. The lowest BCUT2D eigenvalue weighted by Gasteiger charge is -2.11. The summed E-state index contributed by atoms with van der Waals surface area (Å²) in [5.41, 5.74) is 2.18. The quantitative estimate of drug-likeness (QED) is 0.612. The lowest BCUT2D eigenvalue weighted by atomic mass is 10.2. The molecule has 1 amide bonds. The van der Waals surface area contributed by atoms with Crippen molar-refractivity contribution < 1.29 is 13.2 Å². The van der Waals surface area contributed by atoms with Crippen LogP contribution in [-0.2, 0) is 14.8 Å². The van der Waals surface area contributed by atoms with Gasteiger partial charge >= 0.3 is 0 Å². The highest BCUT2D eigenvalue weighted by molar-refractivity contribution is 9.10. The second-order valence-electron chi connectivity index (χ2n) is 3.66. The van der Waals surface area contributed by atoms with Gasteiger partial charge < -0.3 is 0 Å². The van der Waals surface area contributed by atoms with Gasteiger partial charge in [-0.2, -0.15) is 0 Å². The average Bonchev–Trinajstić information content (AvgIpc) is 2.37. The summed E-state index contributed by atoms with van der Waals surface area (Å²) in [7, 11) is -3.71. The van der Waals surface area contributed by atoms with Crippen LogP contribution in [0.1, 0.15) is 19.8 Å². The van der Waals surface area contributed by atoms with Crippen LogP contribution in [0.15, 0.2) is 35.2 Å². The molecule has 0 heterocycles. The van der Waals surface area contributed by atoms with Crippen molar-refractivity contribution in [1.29, 1.82) is 0 Å². The lowest BCUT2D eigenvalue weighted by Crippen LogP contribution is -2.44. The number of alkyl halides is 1. The summed E-state index contributed by atoms with van der Waals surface area (Å²) >= 11 is 3.18. The highest BCUT2D eigenvalue weighted by Crippen LogP contribution is 2.08. The van der Waals surface area contributed by atoms with E-state index in [0.717, 1.165) is 6.42 Å². The lowest BCUT2D eigenvalue weighted by molar-refractivity contribution is -0.121. The van der Waals surface area contributed by atoms with Crippen molar-refractivity contribution in [3.05, 3.63) is 30.3 Å². The Kier molecular flexibility index (Phi) is 5.77. The molecule has 0 aliphatic heterocycles. The average molecular weight is 335 g/mol. The van der Waals surface area contributed by atoms with Gasteiger partial charge in [-0.15, -0.1) is 4.83 Å². The molecule has 0 aliphatic carbocycles. The number of hydrogen-bond donors (Lipinski definition) is 2. The number of amides is 1. The molecule has 0 aromatic heterocycles. The molecule has 5 nitrogen and oxygen atoms in total. The summed E-state index contributed by atoms with van der Waals surface area (Å²) in [6.07, 6.45) is 1.47. The number of benzene rings is 1. The summed E-state index contributed by atoms with van der Waals surface area (Å²) in [5.74, 6) is -0.406. The van der Waals surface area contributed by atoms with Gasteiger partial charge in [0.1, 0.15) is 0 Å². The predicted octanol–water partition coefficient (Wildman–Crippen LogP) is 1.56. The molecule has 1 aromatic rings. The van der Waals surface area contributed by atoms with Crippen molar-refractivity contribution in [2.75, 3.05) is 0 Å². The highest BCUT2D eigenvalue weighted by Gasteiger charge is 2.18. The molecular weight excluding hydrogens is 320 g/mol. The Morgan fingerprint density at radius 3 is 2.50 bits per heavy atom. The van der Waals surface area contributed by atoms with Crippen LogP contribution in [0.3, 0.4) is 0 Å². The molecule has 0 radical (unpaired) electrons. The van der Waals surface area contributed by atoms with Crippen molar-refractivity contribution in [1.82, 2.24) is 10.3 Å². The molecule has 0 saturated heterocycles. The molecule has 18 heavy (non-hydrogen) atoms. The maximum absolute atomic E-state index is 11.8. The van der Waals surface area contributed by atoms with E-state index in [1.165, 1.54) is 12.1 Å². The van der Waals surface area contributed by atoms with Crippen molar-refractivity contribution in [3.8, 4) is 0 Å². The first-order chi connectivity index (χ1) is 8.47. The third-order valence-corrected chi connectivity index (χ3v) is 4.33. The Hall–Kier alpha value is -0.920. The smallest absolute Gasteiger partial charge is 0.257 e.